The van der Waals surface area contributed by atoms with Crippen molar-refractivity contribution in [2.75, 3.05) is 13.2 Å². The number of rotatable bonds is 12. The average molecular weight is 347 g/mol. The van der Waals surface area contributed by atoms with Crippen LogP contribution < -0.4 is 9.47 Å². The molecular weight excluding hydrogens is 312 g/mol. The second kappa shape index (κ2) is 11.2. The Balaban J connectivity index is 1.56. The number of fused-ring (bicyclic) bond motifs is 1. The zero-order valence-electron chi connectivity index (χ0n) is 16.0. The SMILES string of the molecule is CCCCC(=O)CCCCCCCC(C)c1ccc2c(c1)OCCO2. The highest BCUT2D eigenvalue weighted by molar-refractivity contribution is 5.78. The molecule has 0 aromatic heterocycles. The van der Waals surface area contributed by atoms with E-state index in [0.29, 0.717) is 24.9 Å². The molecule has 0 saturated heterocycles. The largest absolute Gasteiger partial charge is 0.486 e. The predicted molar refractivity (Wildman–Crippen MR) is 103 cm³/mol. The molecule has 0 saturated carbocycles. The molecule has 0 amide bonds. The molecule has 0 fully saturated rings. The Morgan fingerprint density at radius 3 is 2.44 bits per heavy atom. The van der Waals surface area contributed by atoms with Gasteiger partial charge in [-0.1, -0.05) is 52.0 Å². The number of benzene rings is 1. The van der Waals surface area contributed by atoms with Crippen LogP contribution in [0.1, 0.15) is 89.5 Å². The maximum atomic E-state index is 11.6. The maximum Gasteiger partial charge on any atom is 0.161 e. The normalized spacial score (nSPS) is 14.3. The second-order valence-electron chi connectivity index (χ2n) is 7.25. The Labute approximate surface area is 153 Å². The van der Waals surface area contributed by atoms with Gasteiger partial charge in [-0.25, -0.2) is 0 Å². The van der Waals surface area contributed by atoms with Gasteiger partial charge in [-0.15, -0.1) is 0 Å². The van der Waals surface area contributed by atoms with Crippen molar-refractivity contribution >= 4 is 5.78 Å². The van der Waals surface area contributed by atoms with Crippen LogP contribution in [0.25, 0.3) is 0 Å². The average Bonchev–Trinajstić information content (AvgIpc) is 2.65. The van der Waals surface area contributed by atoms with Crippen LogP contribution in [0, 0.1) is 0 Å². The number of Topliss-reactive ketones (excluding diaryl/α,β-unsaturated/α-hetero) is 1. The van der Waals surface area contributed by atoms with E-state index in [2.05, 4.69) is 26.0 Å². The summed E-state index contributed by atoms with van der Waals surface area (Å²) >= 11 is 0. The number of unbranched alkanes of at least 4 members (excludes halogenated alkanes) is 5. The number of carbonyl (C=O) groups is 1. The highest BCUT2D eigenvalue weighted by Gasteiger charge is 2.14. The summed E-state index contributed by atoms with van der Waals surface area (Å²) in [5.74, 6) is 2.76. The van der Waals surface area contributed by atoms with Crippen molar-refractivity contribution in [2.45, 2.75) is 84.0 Å². The van der Waals surface area contributed by atoms with Crippen molar-refractivity contribution in [3.63, 3.8) is 0 Å². The van der Waals surface area contributed by atoms with E-state index in [1.807, 2.05) is 6.07 Å². The zero-order valence-corrected chi connectivity index (χ0v) is 16.0. The van der Waals surface area contributed by atoms with Gasteiger partial charge in [0.1, 0.15) is 19.0 Å². The van der Waals surface area contributed by atoms with Crippen LogP contribution in [-0.4, -0.2) is 19.0 Å². The third-order valence-corrected chi connectivity index (χ3v) is 5.04. The van der Waals surface area contributed by atoms with Crippen LogP contribution in [0.4, 0.5) is 0 Å². The van der Waals surface area contributed by atoms with Gasteiger partial charge in [-0.05, 0) is 42.9 Å². The van der Waals surface area contributed by atoms with Crippen LogP contribution in [0.5, 0.6) is 11.5 Å². The minimum absolute atomic E-state index is 0.453. The lowest BCUT2D eigenvalue weighted by Crippen LogP contribution is -2.15. The van der Waals surface area contributed by atoms with Gasteiger partial charge in [0.05, 0.1) is 0 Å². The fourth-order valence-corrected chi connectivity index (χ4v) is 3.34. The van der Waals surface area contributed by atoms with E-state index in [9.17, 15) is 4.79 Å². The van der Waals surface area contributed by atoms with Crippen molar-refractivity contribution < 1.29 is 14.3 Å². The molecule has 2 rings (SSSR count). The number of ether oxygens (including phenoxy) is 2. The third kappa shape index (κ3) is 7.09. The van der Waals surface area contributed by atoms with Crippen molar-refractivity contribution in [3.8, 4) is 11.5 Å². The Morgan fingerprint density at radius 1 is 0.960 bits per heavy atom. The lowest BCUT2D eigenvalue weighted by molar-refractivity contribution is -0.119. The number of hydrogen-bond donors (Lipinski definition) is 0. The van der Waals surface area contributed by atoms with E-state index in [1.165, 1.54) is 37.7 Å². The molecule has 3 heteroatoms. The van der Waals surface area contributed by atoms with Crippen LogP contribution in [0.2, 0.25) is 0 Å². The van der Waals surface area contributed by atoms with Gasteiger partial charge in [0.25, 0.3) is 0 Å². The molecule has 25 heavy (non-hydrogen) atoms. The second-order valence-corrected chi connectivity index (χ2v) is 7.25. The van der Waals surface area contributed by atoms with Crippen molar-refractivity contribution in [3.05, 3.63) is 23.8 Å². The zero-order chi connectivity index (χ0) is 17.9. The Kier molecular flexibility index (Phi) is 8.85. The van der Waals surface area contributed by atoms with Crippen molar-refractivity contribution in [1.29, 1.82) is 0 Å². The van der Waals surface area contributed by atoms with Gasteiger partial charge >= 0.3 is 0 Å². The van der Waals surface area contributed by atoms with E-state index in [1.54, 1.807) is 0 Å². The highest BCUT2D eigenvalue weighted by Crippen LogP contribution is 2.34. The molecule has 0 N–H and O–H groups in total. The quantitative estimate of drug-likeness (QED) is 0.432. The molecular formula is C22H34O3. The Bertz CT molecular complexity index is 524. The fourth-order valence-electron chi connectivity index (χ4n) is 3.34. The van der Waals surface area contributed by atoms with E-state index in [-0.39, 0.29) is 0 Å². The predicted octanol–water partition coefficient (Wildman–Crippen LogP) is 6.05. The van der Waals surface area contributed by atoms with Crippen LogP contribution in [0.3, 0.4) is 0 Å². The van der Waals surface area contributed by atoms with Crippen molar-refractivity contribution in [1.82, 2.24) is 0 Å². The van der Waals surface area contributed by atoms with E-state index >= 15 is 0 Å². The number of carbonyl (C=O) groups excluding carboxylic acids is 1. The standard InChI is InChI=1S/C22H34O3/c1-3-4-11-20(23)12-9-7-5-6-8-10-18(2)19-13-14-21-22(17-19)25-16-15-24-21/h13-14,17-18H,3-12,15-16H2,1-2H3. The molecule has 1 aromatic carbocycles. The molecule has 0 bridgehead atoms. The monoisotopic (exact) mass is 346 g/mol. The molecule has 1 aromatic rings. The minimum Gasteiger partial charge on any atom is -0.486 e. The first-order valence-corrected chi connectivity index (χ1v) is 10.1. The number of hydrogen-bond acceptors (Lipinski definition) is 3. The molecule has 0 radical (unpaired) electrons. The Hall–Kier alpha value is -1.51. The first-order valence-electron chi connectivity index (χ1n) is 10.1. The van der Waals surface area contributed by atoms with Gasteiger partial charge in [0.15, 0.2) is 11.5 Å². The van der Waals surface area contributed by atoms with E-state index in [0.717, 1.165) is 43.6 Å². The van der Waals surface area contributed by atoms with Crippen LogP contribution >= 0.6 is 0 Å². The molecule has 0 aliphatic carbocycles. The lowest BCUT2D eigenvalue weighted by Gasteiger charge is -2.20. The fraction of sp³-hybridized carbons (Fsp3) is 0.682. The van der Waals surface area contributed by atoms with Gasteiger partial charge in [-0.3, -0.25) is 4.79 Å². The minimum atomic E-state index is 0.453. The number of ketones is 1. The summed E-state index contributed by atoms with van der Waals surface area (Å²) in [6, 6.07) is 6.34. The lowest BCUT2D eigenvalue weighted by atomic mass is 9.94. The molecule has 1 heterocycles. The van der Waals surface area contributed by atoms with E-state index in [4.69, 9.17) is 9.47 Å². The molecule has 1 unspecified atom stereocenters. The molecule has 1 aliphatic heterocycles. The summed E-state index contributed by atoms with van der Waals surface area (Å²) in [5, 5.41) is 0. The first-order chi connectivity index (χ1) is 12.2. The van der Waals surface area contributed by atoms with Gasteiger partial charge < -0.3 is 9.47 Å². The van der Waals surface area contributed by atoms with Crippen LogP contribution in [0.15, 0.2) is 18.2 Å². The summed E-state index contributed by atoms with van der Waals surface area (Å²) in [4.78, 5) is 11.6. The van der Waals surface area contributed by atoms with Crippen molar-refractivity contribution in [2.24, 2.45) is 0 Å². The summed E-state index contributed by atoms with van der Waals surface area (Å²) in [6.07, 6.45) is 11.0. The van der Waals surface area contributed by atoms with E-state index < -0.39 is 0 Å². The molecule has 3 nitrogen and oxygen atoms in total. The summed E-state index contributed by atoms with van der Waals surface area (Å²) in [5.41, 5.74) is 1.34. The van der Waals surface area contributed by atoms with Crippen LogP contribution in [-0.2, 0) is 4.79 Å². The van der Waals surface area contributed by atoms with Gasteiger partial charge in [0.2, 0.25) is 0 Å². The molecule has 1 atom stereocenters. The maximum absolute atomic E-state index is 11.6. The smallest absolute Gasteiger partial charge is 0.161 e. The topological polar surface area (TPSA) is 35.5 Å². The highest BCUT2D eigenvalue weighted by atomic mass is 16.6. The summed E-state index contributed by atoms with van der Waals surface area (Å²) in [7, 11) is 0. The first kappa shape index (κ1) is 19.8. The Morgan fingerprint density at radius 2 is 1.64 bits per heavy atom. The molecule has 0 spiro atoms. The van der Waals surface area contributed by atoms with Gasteiger partial charge in [0, 0.05) is 12.8 Å². The summed E-state index contributed by atoms with van der Waals surface area (Å²) < 4.78 is 11.3. The molecule has 1 aliphatic rings. The molecule has 140 valence electrons. The summed E-state index contributed by atoms with van der Waals surface area (Å²) in [6.45, 7) is 5.72. The third-order valence-electron chi connectivity index (χ3n) is 5.04. The van der Waals surface area contributed by atoms with Gasteiger partial charge in [-0.2, -0.15) is 0 Å².